The van der Waals surface area contributed by atoms with Gasteiger partial charge in [0.05, 0.1) is 0 Å². The first-order valence-electron chi connectivity index (χ1n) is 8.70. The first-order chi connectivity index (χ1) is 12.1. The first-order valence-corrected chi connectivity index (χ1v) is 8.70. The van der Waals surface area contributed by atoms with Gasteiger partial charge >= 0.3 is 0 Å². The number of hydrogen-bond acceptors (Lipinski definition) is 4. The number of nitrogens with zero attached hydrogens (tertiary/aromatic N) is 2. The average molecular weight is 344 g/mol. The minimum atomic E-state index is -0.516. The maximum absolute atomic E-state index is 13.0. The van der Waals surface area contributed by atoms with E-state index in [2.05, 4.69) is 9.80 Å². The molecule has 5 heteroatoms. The van der Waals surface area contributed by atoms with Gasteiger partial charge in [0.15, 0.2) is 0 Å². The van der Waals surface area contributed by atoms with Crippen LogP contribution in [0, 0.1) is 12.7 Å². The van der Waals surface area contributed by atoms with E-state index in [4.69, 9.17) is 4.74 Å². The van der Waals surface area contributed by atoms with Crippen molar-refractivity contribution < 1.29 is 14.2 Å². The summed E-state index contributed by atoms with van der Waals surface area (Å²) in [6.45, 7) is 6.40. The number of rotatable bonds is 6. The molecule has 1 unspecified atom stereocenters. The molecule has 0 saturated carbocycles. The highest BCUT2D eigenvalue weighted by molar-refractivity contribution is 5.46. The fourth-order valence-electron chi connectivity index (χ4n) is 3.09. The average Bonchev–Trinajstić information content (AvgIpc) is 2.62. The number of halogens is 1. The summed E-state index contributed by atoms with van der Waals surface area (Å²) in [6, 6.07) is 14.5. The van der Waals surface area contributed by atoms with Crippen LogP contribution in [0.15, 0.2) is 48.5 Å². The van der Waals surface area contributed by atoms with E-state index in [9.17, 15) is 9.50 Å². The zero-order valence-electron chi connectivity index (χ0n) is 14.6. The van der Waals surface area contributed by atoms with Crippen LogP contribution in [-0.2, 0) is 0 Å². The molecule has 4 nitrogen and oxygen atoms in total. The second kappa shape index (κ2) is 8.32. The van der Waals surface area contributed by atoms with Crippen molar-refractivity contribution in [2.24, 2.45) is 0 Å². The Kier molecular flexibility index (Phi) is 5.89. The van der Waals surface area contributed by atoms with Crippen molar-refractivity contribution in [1.82, 2.24) is 4.90 Å². The van der Waals surface area contributed by atoms with Crippen LogP contribution in [0.1, 0.15) is 5.56 Å². The van der Waals surface area contributed by atoms with Crippen molar-refractivity contribution in [1.29, 1.82) is 0 Å². The Balaban J connectivity index is 1.41. The molecule has 0 bridgehead atoms. The van der Waals surface area contributed by atoms with E-state index in [1.54, 1.807) is 0 Å². The van der Waals surface area contributed by atoms with Crippen molar-refractivity contribution in [3.8, 4) is 5.75 Å². The number of aryl methyl sites for hydroxylation is 1. The van der Waals surface area contributed by atoms with Crippen LogP contribution in [0.2, 0.25) is 0 Å². The molecule has 2 aromatic rings. The molecule has 1 N–H and O–H groups in total. The molecule has 2 aromatic carbocycles. The molecule has 1 aliphatic heterocycles. The number of β-amino-alcohol motifs (C(OH)–C–C–N with tert-alkyl or cyclic N) is 1. The minimum Gasteiger partial charge on any atom is -0.491 e. The minimum absolute atomic E-state index is 0.209. The zero-order chi connectivity index (χ0) is 17.6. The van der Waals surface area contributed by atoms with E-state index >= 15 is 0 Å². The smallest absolute Gasteiger partial charge is 0.123 e. The van der Waals surface area contributed by atoms with Gasteiger partial charge in [-0.05, 0) is 48.9 Å². The number of benzene rings is 2. The van der Waals surface area contributed by atoms with E-state index < -0.39 is 6.10 Å². The van der Waals surface area contributed by atoms with Crippen LogP contribution >= 0.6 is 0 Å². The molecule has 0 spiro atoms. The SMILES string of the molecule is Cc1cccc(OCC(O)CN2CCN(c3ccc(F)cc3)CC2)c1. The molecule has 3 rings (SSSR count). The second-order valence-electron chi connectivity index (χ2n) is 6.55. The lowest BCUT2D eigenvalue weighted by molar-refractivity contribution is 0.0663. The molecule has 1 heterocycles. The van der Waals surface area contributed by atoms with Gasteiger partial charge < -0.3 is 14.7 Å². The first kappa shape index (κ1) is 17.7. The van der Waals surface area contributed by atoms with Crippen molar-refractivity contribution in [2.45, 2.75) is 13.0 Å². The quantitative estimate of drug-likeness (QED) is 0.874. The number of piperazine rings is 1. The van der Waals surface area contributed by atoms with Crippen molar-refractivity contribution in [3.05, 3.63) is 59.9 Å². The fraction of sp³-hybridized carbons (Fsp3) is 0.400. The number of hydrogen-bond donors (Lipinski definition) is 1. The van der Waals surface area contributed by atoms with Crippen LogP contribution in [0.25, 0.3) is 0 Å². The van der Waals surface area contributed by atoms with E-state index in [-0.39, 0.29) is 5.82 Å². The van der Waals surface area contributed by atoms with Crippen LogP contribution in [0.5, 0.6) is 5.75 Å². The van der Waals surface area contributed by atoms with Gasteiger partial charge in [0.2, 0.25) is 0 Å². The summed E-state index contributed by atoms with van der Waals surface area (Å²) in [4.78, 5) is 4.48. The largest absolute Gasteiger partial charge is 0.491 e. The summed E-state index contributed by atoms with van der Waals surface area (Å²) < 4.78 is 18.7. The van der Waals surface area contributed by atoms with E-state index in [1.165, 1.54) is 12.1 Å². The molecule has 134 valence electrons. The summed E-state index contributed by atoms with van der Waals surface area (Å²) >= 11 is 0. The molecule has 1 saturated heterocycles. The lowest BCUT2D eigenvalue weighted by Crippen LogP contribution is -2.49. The molecule has 0 aliphatic carbocycles. The van der Waals surface area contributed by atoms with Crippen LogP contribution in [0.4, 0.5) is 10.1 Å². The van der Waals surface area contributed by atoms with Gasteiger partial charge in [0.1, 0.15) is 24.3 Å². The van der Waals surface area contributed by atoms with Gasteiger partial charge in [-0.25, -0.2) is 4.39 Å². The van der Waals surface area contributed by atoms with Gasteiger partial charge in [0, 0.05) is 38.4 Å². The predicted octanol–water partition coefficient (Wildman–Crippen LogP) is 2.70. The molecule has 0 radical (unpaired) electrons. The summed E-state index contributed by atoms with van der Waals surface area (Å²) in [7, 11) is 0. The number of aliphatic hydroxyl groups excluding tert-OH is 1. The highest BCUT2D eigenvalue weighted by Crippen LogP contribution is 2.17. The van der Waals surface area contributed by atoms with Crippen LogP contribution in [-0.4, -0.2) is 55.4 Å². The van der Waals surface area contributed by atoms with E-state index in [0.29, 0.717) is 13.2 Å². The molecule has 1 aliphatic rings. The topological polar surface area (TPSA) is 35.9 Å². The van der Waals surface area contributed by atoms with Gasteiger partial charge in [-0.15, -0.1) is 0 Å². The third kappa shape index (κ3) is 5.18. The Bertz CT molecular complexity index is 670. The maximum atomic E-state index is 13.0. The van der Waals surface area contributed by atoms with Gasteiger partial charge in [-0.3, -0.25) is 4.90 Å². The summed E-state index contributed by atoms with van der Waals surface area (Å²) in [5, 5.41) is 10.2. The van der Waals surface area contributed by atoms with Crippen molar-refractivity contribution in [3.63, 3.8) is 0 Å². The van der Waals surface area contributed by atoms with Crippen LogP contribution in [0.3, 0.4) is 0 Å². The Morgan fingerprint density at radius 3 is 2.48 bits per heavy atom. The lowest BCUT2D eigenvalue weighted by Gasteiger charge is -2.36. The lowest BCUT2D eigenvalue weighted by atomic mass is 10.2. The summed E-state index contributed by atoms with van der Waals surface area (Å²) in [5.41, 5.74) is 2.19. The predicted molar refractivity (Wildman–Crippen MR) is 97.7 cm³/mol. The highest BCUT2D eigenvalue weighted by Gasteiger charge is 2.19. The van der Waals surface area contributed by atoms with Crippen LogP contribution < -0.4 is 9.64 Å². The third-order valence-corrected chi connectivity index (χ3v) is 4.46. The Morgan fingerprint density at radius 2 is 1.80 bits per heavy atom. The van der Waals surface area contributed by atoms with Crippen molar-refractivity contribution in [2.75, 3.05) is 44.2 Å². The van der Waals surface area contributed by atoms with E-state index in [1.807, 2.05) is 43.3 Å². The Labute approximate surface area is 148 Å². The van der Waals surface area contributed by atoms with Crippen molar-refractivity contribution >= 4 is 5.69 Å². The number of ether oxygens (including phenoxy) is 1. The molecule has 0 aromatic heterocycles. The molecular weight excluding hydrogens is 319 g/mol. The number of anilines is 1. The third-order valence-electron chi connectivity index (χ3n) is 4.46. The fourth-order valence-corrected chi connectivity index (χ4v) is 3.09. The summed E-state index contributed by atoms with van der Waals surface area (Å²) in [5.74, 6) is 0.583. The molecule has 0 amide bonds. The standard InChI is InChI=1S/C20H25FN2O2/c1-16-3-2-4-20(13-16)25-15-19(24)14-22-9-11-23(12-10-22)18-7-5-17(21)6-8-18/h2-8,13,19,24H,9-12,14-15H2,1H3. The van der Waals surface area contributed by atoms with E-state index in [0.717, 1.165) is 43.2 Å². The van der Waals surface area contributed by atoms with Gasteiger partial charge in [-0.1, -0.05) is 12.1 Å². The molecule has 1 fully saturated rings. The molecule has 25 heavy (non-hydrogen) atoms. The zero-order valence-corrected chi connectivity index (χ0v) is 14.6. The number of aliphatic hydroxyl groups is 1. The van der Waals surface area contributed by atoms with Gasteiger partial charge in [0.25, 0.3) is 0 Å². The maximum Gasteiger partial charge on any atom is 0.123 e. The second-order valence-corrected chi connectivity index (χ2v) is 6.55. The summed E-state index contributed by atoms with van der Waals surface area (Å²) in [6.07, 6.45) is -0.516. The van der Waals surface area contributed by atoms with Gasteiger partial charge in [-0.2, -0.15) is 0 Å². The Hall–Kier alpha value is -2.11. The molecular formula is C20H25FN2O2. The molecule has 1 atom stereocenters. The highest BCUT2D eigenvalue weighted by atomic mass is 19.1. The monoisotopic (exact) mass is 344 g/mol. The Morgan fingerprint density at radius 1 is 1.08 bits per heavy atom. The normalized spacial score (nSPS) is 16.7.